The van der Waals surface area contributed by atoms with Gasteiger partial charge in [0.05, 0.1) is 6.61 Å². The van der Waals surface area contributed by atoms with Crippen LogP contribution in [0.15, 0.2) is 48.5 Å². The molecule has 1 aliphatic carbocycles. The minimum atomic E-state index is -0.138. The largest absolute Gasteiger partial charge is 0.493 e. The van der Waals surface area contributed by atoms with E-state index < -0.39 is 0 Å². The van der Waals surface area contributed by atoms with E-state index in [1.54, 1.807) is 0 Å². The summed E-state index contributed by atoms with van der Waals surface area (Å²) in [6, 6.07) is 16.5. The Morgan fingerprint density at radius 2 is 1.93 bits per heavy atom. The third kappa shape index (κ3) is 3.33. The molecular formula is C22H21N3O2. The van der Waals surface area contributed by atoms with E-state index in [0.29, 0.717) is 18.2 Å². The van der Waals surface area contributed by atoms with Crippen molar-refractivity contribution >= 4 is 5.91 Å². The van der Waals surface area contributed by atoms with Crippen molar-refractivity contribution in [2.75, 3.05) is 6.61 Å². The van der Waals surface area contributed by atoms with Crippen molar-refractivity contribution in [3.8, 4) is 16.9 Å². The maximum Gasteiger partial charge on any atom is 0.272 e. The van der Waals surface area contributed by atoms with Gasteiger partial charge in [0.1, 0.15) is 11.4 Å². The lowest BCUT2D eigenvalue weighted by molar-refractivity contribution is 0.0946. The Bertz CT molecular complexity index is 987. The maximum atomic E-state index is 12.3. The van der Waals surface area contributed by atoms with Gasteiger partial charge in [0.15, 0.2) is 0 Å². The van der Waals surface area contributed by atoms with Crippen LogP contribution in [0.4, 0.5) is 0 Å². The lowest BCUT2D eigenvalue weighted by Crippen LogP contribution is -2.23. The highest BCUT2D eigenvalue weighted by Gasteiger charge is 2.26. The van der Waals surface area contributed by atoms with E-state index in [4.69, 9.17) is 4.74 Å². The first-order chi connectivity index (χ1) is 13.3. The molecule has 1 saturated carbocycles. The minimum Gasteiger partial charge on any atom is -0.493 e. The van der Waals surface area contributed by atoms with Crippen molar-refractivity contribution in [1.29, 1.82) is 0 Å². The summed E-state index contributed by atoms with van der Waals surface area (Å²) in [5, 5.41) is 10.0. The predicted octanol–water partition coefficient (Wildman–Crippen LogP) is 3.82. The van der Waals surface area contributed by atoms with Gasteiger partial charge in [0.2, 0.25) is 0 Å². The second-order valence-electron chi connectivity index (χ2n) is 7.28. The van der Waals surface area contributed by atoms with Gasteiger partial charge in [-0.1, -0.05) is 30.3 Å². The van der Waals surface area contributed by atoms with Crippen molar-refractivity contribution in [2.45, 2.75) is 31.7 Å². The molecule has 2 aliphatic rings. The number of ether oxygens (including phenoxy) is 1. The Balaban J connectivity index is 1.23. The van der Waals surface area contributed by atoms with E-state index in [1.165, 1.54) is 29.5 Å². The van der Waals surface area contributed by atoms with Crippen LogP contribution >= 0.6 is 0 Å². The molecular weight excluding hydrogens is 338 g/mol. The number of aromatic amines is 1. The van der Waals surface area contributed by atoms with Crippen molar-refractivity contribution in [3.63, 3.8) is 0 Å². The molecule has 2 heterocycles. The van der Waals surface area contributed by atoms with Crippen LogP contribution in [-0.4, -0.2) is 22.7 Å². The molecule has 27 heavy (non-hydrogen) atoms. The Morgan fingerprint density at radius 3 is 2.74 bits per heavy atom. The number of H-pyrrole nitrogens is 1. The van der Waals surface area contributed by atoms with Gasteiger partial charge in [0.25, 0.3) is 5.91 Å². The Morgan fingerprint density at radius 1 is 1.11 bits per heavy atom. The number of nitrogens with one attached hydrogen (secondary N) is 2. The van der Waals surface area contributed by atoms with Gasteiger partial charge in [-0.15, -0.1) is 0 Å². The van der Waals surface area contributed by atoms with Gasteiger partial charge in [-0.25, -0.2) is 0 Å². The SMILES string of the molecule is O=C(NCc1ccc(-c2ccc3c(c2)CCO3)cc1)c1cc(C2CC2)[nH]n1. The lowest BCUT2D eigenvalue weighted by atomic mass is 10.0. The fourth-order valence-electron chi connectivity index (χ4n) is 3.51. The fraction of sp³-hybridized carbons (Fsp3) is 0.273. The number of amides is 1. The van der Waals surface area contributed by atoms with Crippen LogP contribution in [0, 0.1) is 0 Å². The molecule has 0 bridgehead atoms. The molecule has 2 aromatic carbocycles. The first kappa shape index (κ1) is 16.1. The highest BCUT2D eigenvalue weighted by atomic mass is 16.5. The third-order valence-corrected chi connectivity index (χ3v) is 5.28. The van der Waals surface area contributed by atoms with Crippen LogP contribution in [0.25, 0.3) is 11.1 Å². The van der Waals surface area contributed by atoms with Crippen molar-refractivity contribution in [1.82, 2.24) is 15.5 Å². The molecule has 0 spiro atoms. The monoisotopic (exact) mass is 359 g/mol. The zero-order chi connectivity index (χ0) is 18.2. The molecule has 0 unspecified atom stereocenters. The highest BCUT2D eigenvalue weighted by molar-refractivity contribution is 5.92. The van der Waals surface area contributed by atoms with E-state index in [1.807, 2.05) is 12.1 Å². The summed E-state index contributed by atoms with van der Waals surface area (Å²) < 4.78 is 5.57. The third-order valence-electron chi connectivity index (χ3n) is 5.28. The number of carbonyl (C=O) groups is 1. The van der Waals surface area contributed by atoms with E-state index in [9.17, 15) is 4.79 Å². The van der Waals surface area contributed by atoms with Crippen molar-refractivity contribution in [2.24, 2.45) is 0 Å². The number of carbonyl (C=O) groups excluding carboxylic acids is 1. The van der Waals surface area contributed by atoms with Gasteiger partial charge in [0, 0.05) is 24.6 Å². The number of benzene rings is 2. The molecule has 1 aliphatic heterocycles. The van der Waals surface area contributed by atoms with Gasteiger partial charge >= 0.3 is 0 Å². The quantitative estimate of drug-likeness (QED) is 0.728. The summed E-state index contributed by atoms with van der Waals surface area (Å²) >= 11 is 0. The molecule has 1 fully saturated rings. The van der Waals surface area contributed by atoms with Crippen LogP contribution in [0.2, 0.25) is 0 Å². The van der Waals surface area contributed by atoms with Gasteiger partial charge in [-0.05, 0) is 53.3 Å². The average Bonchev–Trinajstić information content (AvgIpc) is 3.25. The highest BCUT2D eigenvalue weighted by Crippen LogP contribution is 2.39. The second-order valence-corrected chi connectivity index (χ2v) is 7.28. The zero-order valence-electron chi connectivity index (χ0n) is 15.0. The Labute approximate surface area is 157 Å². The molecule has 5 heteroatoms. The number of fused-ring (bicyclic) bond motifs is 1. The molecule has 5 rings (SSSR count). The van der Waals surface area contributed by atoms with E-state index in [-0.39, 0.29) is 5.91 Å². The summed E-state index contributed by atoms with van der Waals surface area (Å²) in [5.74, 6) is 1.43. The minimum absolute atomic E-state index is 0.138. The van der Waals surface area contributed by atoms with Crippen LogP contribution < -0.4 is 10.1 Å². The Hall–Kier alpha value is -3.08. The molecule has 1 amide bonds. The molecule has 3 aromatic rings. The van der Waals surface area contributed by atoms with Crippen LogP contribution in [0.5, 0.6) is 5.75 Å². The molecule has 0 radical (unpaired) electrons. The molecule has 1 aromatic heterocycles. The van der Waals surface area contributed by atoms with E-state index in [0.717, 1.165) is 30.0 Å². The molecule has 0 atom stereocenters. The number of nitrogens with zero attached hydrogens (tertiary/aromatic N) is 1. The summed E-state index contributed by atoms with van der Waals surface area (Å²) in [6.07, 6.45) is 3.35. The van der Waals surface area contributed by atoms with Crippen LogP contribution in [0.1, 0.15) is 46.1 Å². The molecule has 136 valence electrons. The topological polar surface area (TPSA) is 67.0 Å². The number of aromatic nitrogens is 2. The number of rotatable bonds is 5. The lowest BCUT2D eigenvalue weighted by Gasteiger charge is -2.07. The van der Waals surface area contributed by atoms with Gasteiger partial charge < -0.3 is 10.1 Å². The molecule has 0 saturated heterocycles. The van der Waals surface area contributed by atoms with Crippen molar-refractivity contribution < 1.29 is 9.53 Å². The summed E-state index contributed by atoms with van der Waals surface area (Å²) in [7, 11) is 0. The first-order valence-electron chi connectivity index (χ1n) is 9.45. The predicted molar refractivity (Wildman–Crippen MR) is 103 cm³/mol. The molecule has 5 nitrogen and oxygen atoms in total. The fourth-order valence-corrected chi connectivity index (χ4v) is 3.51. The van der Waals surface area contributed by atoms with Gasteiger partial charge in [-0.2, -0.15) is 5.10 Å². The Kier molecular flexibility index (Phi) is 3.93. The first-order valence-corrected chi connectivity index (χ1v) is 9.45. The maximum absolute atomic E-state index is 12.3. The van der Waals surface area contributed by atoms with Gasteiger partial charge in [-0.3, -0.25) is 9.89 Å². The van der Waals surface area contributed by atoms with E-state index in [2.05, 4.69) is 51.9 Å². The van der Waals surface area contributed by atoms with E-state index >= 15 is 0 Å². The summed E-state index contributed by atoms with van der Waals surface area (Å²) in [6.45, 7) is 1.26. The summed E-state index contributed by atoms with van der Waals surface area (Å²) in [5.41, 5.74) is 6.24. The second kappa shape index (κ2) is 6.58. The normalized spacial score (nSPS) is 15.3. The van der Waals surface area contributed by atoms with Crippen LogP contribution in [-0.2, 0) is 13.0 Å². The standard InChI is InChI=1S/C22H21N3O2/c26-22(20-12-19(24-25-20)16-5-6-16)23-13-14-1-3-15(4-2-14)17-7-8-21-18(11-17)9-10-27-21/h1-4,7-8,11-12,16H,5-6,9-10,13H2,(H,23,26)(H,24,25). The van der Waals surface area contributed by atoms with Crippen LogP contribution in [0.3, 0.4) is 0 Å². The average molecular weight is 359 g/mol. The zero-order valence-corrected chi connectivity index (χ0v) is 15.0. The smallest absolute Gasteiger partial charge is 0.272 e. The summed E-state index contributed by atoms with van der Waals surface area (Å²) in [4.78, 5) is 12.3. The number of hydrogen-bond donors (Lipinski definition) is 2. The van der Waals surface area contributed by atoms with Crippen molar-refractivity contribution in [3.05, 3.63) is 71.0 Å². The molecule has 2 N–H and O–H groups in total. The number of hydrogen-bond acceptors (Lipinski definition) is 3.